The molecule has 7 heteroatoms. The van der Waals surface area contributed by atoms with Gasteiger partial charge in [0.2, 0.25) is 5.91 Å². The van der Waals surface area contributed by atoms with Crippen LogP contribution in [0.3, 0.4) is 0 Å². The van der Waals surface area contributed by atoms with Crippen LogP contribution in [0, 0.1) is 5.82 Å². The Bertz CT molecular complexity index is 705. The molecule has 1 aromatic carbocycles. The Morgan fingerprint density at radius 2 is 2.25 bits per heavy atom. The summed E-state index contributed by atoms with van der Waals surface area (Å²) in [5, 5.41) is 5.92. The molecule has 1 unspecified atom stereocenters. The number of ether oxygens (including phenoxy) is 1. The van der Waals surface area contributed by atoms with E-state index < -0.39 is 0 Å². The van der Waals surface area contributed by atoms with Gasteiger partial charge in [-0.05, 0) is 32.0 Å². The lowest BCUT2D eigenvalue weighted by atomic mass is 10.1. The van der Waals surface area contributed by atoms with Crippen LogP contribution in [0.25, 0.3) is 0 Å². The van der Waals surface area contributed by atoms with Gasteiger partial charge in [-0.15, -0.1) is 11.3 Å². The van der Waals surface area contributed by atoms with Crippen molar-refractivity contribution in [2.75, 3.05) is 18.6 Å². The third kappa shape index (κ3) is 4.30. The lowest BCUT2D eigenvalue weighted by Crippen LogP contribution is -2.27. The highest BCUT2D eigenvalue weighted by Gasteiger charge is 2.15. The van der Waals surface area contributed by atoms with Gasteiger partial charge in [0.25, 0.3) is 0 Å². The summed E-state index contributed by atoms with van der Waals surface area (Å²) in [5.41, 5.74) is 1.60. The number of anilines is 1. The summed E-state index contributed by atoms with van der Waals surface area (Å²) in [6.45, 7) is 6.50. The number of amides is 1. The van der Waals surface area contributed by atoms with Crippen molar-refractivity contribution in [3.63, 3.8) is 0 Å². The quantitative estimate of drug-likeness (QED) is 0.829. The van der Waals surface area contributed by atoms with Crippen molar-refractivity contribution in [3.05, 3.63) is 40.7 Å². The minimum absolute atomic E-state index is 0.0239. The molecular weight excluding hydrogens is 329 g/mol. The number of benzene rings is 1. The molecule has 2 aromatic rings. The molecular formula is C17H22FN3O2S. The van der Waals surface area contributed by atoms with Gasteiger partial charge in [-0.25, -0.2) is 9.37 Å². The maximum absolute atomic E-state index is 13.5. The number of carbonyl (C=O) groups excluding carboxylic acids is 1. The molecule has 1 atom stereocenters. The zero-order chi connectivity index (χ0) is 17.7. The second kappa shape index (κ2) is 8.21. The molecule has 0 aliphatic rings. The van der Waals surface area contributed by atoms with Crippen LogP contribution in [0.5, 0.6) is 5.75 Å². The van der Waals surface area contributed by atoms with Crippen molar-refractivity contribution in [2.45, 2.75) is 33.4 Å². The lowest BCUT2D eigenvalue weighted by molar-refractivity contribution is -0.116. The number of thiazole rings is 1. The zero-order valence-electron chi connectivity index (χ0n) is 14.3. The second-order valence-corrected chi connectivity index (χ2v) is 6.21. The van der Waals surface area contributed by atoms with E-state index in [1.807, 2.05) is 19.2 Å². The van der Waals surface area contributed by atoms with Gasteiger partial charge in [-0.3, -0.25) is 9.69 Å². The van der Waals surface area contributed by atoms with Crippen molar-refractivity contribution in [1.82, 2.24) is 10.3 Å². The SMILES string of the molecule is CCN(C(C)=O)c1nc(CNC(C)c2cc(F)ccc2OC)cs1. The van der Waals surface area contributed by atoms with Gasteiger partial charge < -0.3 is 10.1 Å². The number of hydrogen-bond acceptors (Lipinski definition) is 5. The first-order valence-corrected chi connectivity index (χ1v) is 8.63. The number of nitrogens with one attached hydrogen (secondary N) is 1. The fourth-order valence-electron chi connectivity index (χ4n) is 2.41. The zero-order valence-corrected chi connectivity index (χ0v) is 15.1. The van der Waals surface area contributed by atoms with Crippen molar-refractivity contribution in [2.24, 2.45) is 0 Å². The minimum atomic E-state index is -0.296. The van der Waals surface area contributed by atoms with Gasteiger partial charge in [0, 0.05) is 37.0 Å². The molecule has 0 saturated heterocycles. The summed E-state index contributed by atoms with van der Waals surface area (Å²) >= 11 is 1.44. The highest BCUT2D eigenvalue weighted by molar-refractivity contribution is 7.14. The van der Waals surface area contributed by atoms with Crippen LogP contribution in [0.2, 0.25) is 0 Å². The number of nitrogens with zero attached hydrogens (tertiary/aromatic N) is 2. The summed E-state index contributed by atoms with van der Waals surface area (Å²) in [7, 11) is 1.57. The number of methoxy groups -OCH3 is 1. The number of aromatic nitrogens is 1. The van der Waals surface area contributed by atoms with Crippen LogP contribution in [0.1, 0.15) is 38.1 Å². The van der Waals surface area contributed by atoms with Gasteiger partial charge in [-0.2, -0.15) is 0 Å². The molecule has 0 aliphatic carbocycles. The number of hydrogen-bond donors (Lipinski definition) is 1. The molecule has 0 bridgehead atoms. The predicted octanol–water partition coefficient (Wildman–Crippen LogP) is 3.51. The molecule has 0 radical (unpaired) electrons. The largest absolute Gasteiger partial charge is 0.496 e. The molecule has 0 aliphatic heterocycles. The molecule has 1 amide bonds. The molecule has 0 fully saturated rings. The first-order valence-electron chi connectivity index (χ1n) is 7.75. The van der Waals surface area contributed by atoms with Crippen molar-refractivity contribution in [3.8, 4) is 5.75 Å². The number of rotatable bonds is 7. The van der Waals surface area contributed by atoms with Gasteiger partial charge in [0.15, 0.2) is 5.13 Å². The van der Waals surface area contributed by atoms with E-state index in [4.69, 9.17) is 4.74 Å². The maximum atomic E-state index is 13.5. The summed E-state index contributed by atoms with van der Waals surface area (Å²) in [5.74, 6) is 0.323. The molecule has 24 heavy (non-hydrogen) atoms. The fraction of sp³-hybridized carbons (Fsp3) is 0.412. The standard InChI is InChI=1S/C17H22FN3O2S/c1-5-21(12(3)22)17-20-14(10-24-17)9-19-11(2)15-8-13(18)6-7-16(15)23-4/h6-8,10-11,19H,5,9H2,1-4H3. The molecule has 1 N–H and O–H groups in total. The lowest BCUT2D eigenvalue weighted by Gasteiger charge is -2.17. The maximum Gasteiger partial charge on any atom is 0.225 e. The predicted molar refractivity (Wildman–Crippen MR) is 94.0 cm³/mol. The van der Waals surface area contributed by atoms with Crippen molar-refractivity contribution < 1.29 is 13.9 Å². The van der Waals surface area contributed by atoms with E-state index in [0.717, 1.165) is 11.3 Å². The van der Waals surface area contributed by atoms with Crippen LogP contribution in [0.15, 0.2) is 23.6 Å². The van der Waals surface area contributed by atoms with E-state index in [0.29, 0.717) is 24.0 Å². The summed E-state index contributed by atoms with van der Waals surface area (Å²) in [6.07, 6.45) is 0. The first kappa shape index (κ1) is 18.4. The third-order valence-electron chi connectivity index (χ3n) is 3.71. The Balaban J connectivity index is 2.05. The van der Waals surface area contributed by atoms with Crippen LogP contribution in [0.4, 0.5) is 9.52 Å². The highest BCUT2D eigenvalue weighted by atomic mass is 32.1. The Morgan fingerprint density at radius 1 is 1.50 bits per heavy atom. The summed E-state index contributed by atoms with van der Waals surface area (Å²) in [4.78, 5) is 17.7. The molecule has 130 valence electrons. The summed E-state index contributed by atoms with van der Waals surface area (Å²) in [6, 6.07) is 4.37. The summed E-state index contributed by atoms with van der Waals surface area (Å²) < 4.78 is 18.8. The van der Waals surface area contributed by atoms with E-state index in [-0.39, 0.29) is 17.8 Å². The number of carbonyl (C=O) groups is 1. The Labute approximate surface area is 145 Å². The Kier molecular flexibility index (Phi) is 6.28. The third-order valence-corrected chi connectivity index (χ3v) is 4.63. The van der Waals surface area contributed by atoms with Crippen molar-refractivity contribution >= 4 is 22.4 Å². The van der Waals surface area contributed by atoms with Gasteiger partial charge in [-0.1, -0.05) is 0 Å². The first-order chi connectivity index (χ1) is 11.5. The molecule has 2 rings (SSSR count). The minimum Gasteiger partial charge on any atom is -0.496 e. The van der Waals surface area contributed by atoms with Crippen LogP contribution in [-0.2, 0) is 11.3 Å². The molecule has 1 aromatic heterocycles. The normalized spacial score (nSPS) is 12.0. The van der Waals surface area contributed by atoms with Gasteiger partial charge in [0.1, 0.15) is 11.6 Å². The monoisotopic (exact) mass is 351 g/mol. The molecule has 5 nitrogen and oxygen atoms in total. The topological polar surface area (TPSA) is 54.5 Å². The van der Waals surface area contributed by atoms with Gasteiger partial charge >= 0.3 is 0 Å². The smallest absolute Gasteiger partial charge is 0.225 e. The van der Waals surface area contributed by atoms with Gasteiger partial charge in [0.05, 0.1) is 12.8 Å². The van der Waals surface area contributed by atoms with E-state index >= 15 is 0 Å². The molecule has 1 heterocycles. The average Bonchev–Trinajstić information content (AvgIpc) is 3.01. The Morgan fingerprint density at radius 3 is 2.88 bits per heavy atom. The molecule has 0 saturated carbocycles. The Hall–Kier alpha value is -1.99. The second-order valence-electron chi connectivity index (χ2n) is 5.37. The van der Waals surface area contributed by atoms with E-state index in [1.165, 1.54) is 30.4 Å². The molecule has 0 spiro atoms. The highest BCUT2D eigenvalue weighted by Crippen LogP contribution is 2.26. The average molecular weight is 351 g/mol. The number of halogens is 1. The van der Waals surface area contributed by atoms with E-state index in [2.05, 4.69) is 10.3 Å². The van der Waals surface area contributed by atoms with E-state index in [1.54, 1.807) is 18.1 Å². The van der Waals surface area contributed by atoms with Crippen molar-refractivity contribution in [1.29, 1.82) is 0 Å². The van der Waals surface area contributed by atoms with Crippen LogP contribution < -0.4 is 15.0 Å². The van der Waals surface area contributed by atoms with Crippen LogP contribution in [-0.4, -0.2) is 24.5 Å². The van der Waals surface area contributed by atoms with Crippen LogP contribution >= 0.6 is 11.3 Å². The van der Waals surface area contributed by atoms with E-state index in [9.17, 15) is 9.18 Å². The fourth-order valence-corrected chi connectivity index (χ4v) is 3.34.